The van der Waals surface area contributed by atoms with Crippen LogP contribution in [0.5, 0.6) is 0 Å². The van der Waals surface area contributed by atoms with Gasteiger partial charge in [-0.3, -0.25) is 0 Å². The second-order valence-electron chi connectivity index (χ2n) is 6.06. The Balaban J connectivity index is 1.72. The number of hydrogen-bond acceptors (Lipinski definition) is 6. The van der Waals surface area contributed by atoms with Gasteiger partial charge in [0.05, 0.1) is 0 Å². The molecule has 10 heteroatoms. The molecule has 1 aliphatic heterocycles. The largest absolute Gasteiger partial charge is 0.324 e. The van der Waals surface area contributed by atoms with E-state index in [4.69, 9.17) is 4.52 Å². The third-order valence-electron chi connectivity index (χ3n) is 3.97. The van der Waals surface area contributed by atoms with Crippen LogP contribution >= 0.6 is 0 Å². The first kappa shape index (κ1) is 17.7. The number of halogens is 2. The Hall–Kier alpha value is -2.07. The van der Waals surface area contributed by atoms with Crippen LogP contribution in [-0.4, -0.2) is 49.0 Å². The highest BCUT2D eigenvalue weighted by molar-refractivity contribution is 7.89. The van der Waals surface area contributed by atoms with E-state index in [0.717, 1.165) is 12.1 Å². The first-order valence-electron chi connectivity index (χ1n) is 7.83. The van der Waals surface area contributed by atoms with Crippen molar-refractivity contribution >= 4 is 16.0 Å². The van der Waals surface area contributed by atoms with Gasteiger partial charge in [0, 0.05) is 38.2 Å². The molecular weight excluding hydrogens is 354 g/mol. The lowest BCUT2D eigenvalue weighted by atomic mass is 10.2. The molecule has 7 nitrogen and oxygen atoms in total. The highest BCUT2D eigenvalue weighted by Gasteiger charge is 2.32. The molecule has 0 amide bonds. The van der Waals surface area contributed by atoms with Crippen LogP contribution in [-0.2, 0) is 10.0 Å². The van der Waals surface area contributed by atoms with Crippen molar-refractivity contribution in [1.82, 2.24) is 14.4 Å². The van der Waals surface area contributed by atoms with Gasteiger partial charge in [-0.1, -0.05) is 19.0 Å². The molecule has 3 rings (SSSR count). The van der Waals surface area contributed by atoms with Crippen LogP contribution in [0.1, 0.15) is 25.6 Å². The summed E-state index contributed by atoms with van der Waals surface area (Å²) in [6.07, 6.45) is 0. The Labute approximate surface area is 144 Å². The van der Waals surface area contributed by atoms with Crippen molar-refractivity contribution in [1.29, 1.82) is 0 Å². The summed E-state index contributed by atoms with van der Waals surface area (Å²) < 4.78 is 58.3. The van der Waals surface area contributed by atoms with E-state index >= 15 is 0 Å². The Kier molecular flexibility index (Phi) is 4.74. The van der Waals surface area contributed by atoms with E-state index in [-0.39, 0.29) is 19.0 Å². The van der Waals surface area contributed by atoms with Crippen LogP contribution in [0.3, 0.4) is 0 Å². The van der Waals surface area contributed by atoms with E-state index in [1.54, 1.807) is 4.90 Å². The van der Waals surface area contributed by atoms with Crippen LogP contribution in [0.4, 0.5) is 14.8 Å². The van der Waals surface area contributed by atoms with Crippen LogP contribution in [0.25, 0.3) is 0 Å². The van der Waals surface area contributed by atoms with Crippen LogP contribution in [0.15, 0.2) is 27.6 Å². The average Bonchev–Trinajstić information content (AvgIpc) is 3.05. The highest BCUT2D eigenvalue weighted by Crippen LogP contribution is 2.23. The summed E-state index contributed by atoms with van der Waals surface area (Å²) in [7, 11) is -4.02. The minimum Gasteiger partial charge on any atom is -0.322 e. The number of piperazine rings is 1. The van der Waals surface area contributed by atoms with Gasteiger partial charge in [-0.05, 0) is 12.1 Å². The molecule has 1 aromatic heterocycles. The second kappa shape index (κ2) is 6.68. The molecule has 2 aromatic rings. The van der Waals surface area contributed by atoms with Crippen molar-refractivity contribution in [3.63, 3.8) is 0 Å². The summed E-state index contributed by atoms with van der Waals surface area (Å²) in [4.78, 5) is 5.54. The lowest BCUT2D eigenvalue weighted by Crippen LogP contribution is -2.49. The zero-order chi connectivity index (χ0) is 18.2. The predicted molar refractivity (Wildman–Crippen MR) is 85.7 cm³/mol. The fraction of sp³-hybridized carbons (Fsp3) is 0.467. The van der Waals surface area contributed by atoms with Crippen molar-refractivity contribution in [3.8, 4) is 0 Å². The summed E-state index contributed by atoms with van der Waals surface area (Å²) in [5.41, 5.74) is 0. The molecule has 0 atom stereocenters. The molecule has 0 radical (unpaired) electrons. The lowest BCUT2D eigenvalue weighted by molar-refractivity contribution is 0.351. The quantitative estimate of drug-likeness (QED) is 0.817. The normalized spacial score (nSPS) is 16.6. The van der Waals surface area contributed by atoms with Crippen LogP contribution in [0, 0.1) is 11.6 Å². The minimum atomic E-state index is -4.02. The summed E-state index contributed by atoms with van der Waals surface area (Å²) >= 11 is 0. The predicted octanol–water partition coefficient (Wildman–Crippen LogP) is 1.98. The molecular formula is C15H18F2N4O3S. The summed E-state index contributed by atoms with van der Waals surface area (Å²) in [6.45, 7) is 4.83. The molecule has 136 valence electrons. The minimum absolute atomic E-state index is 0.126. The van der Waals surface area contributed by atoms with Gasteiger partial charge in [0.2, 0.25) is 10.0 Å². The topological polar surface area (TPSA) is 79.5 Å². The van der Waals surface area contributed by atoms with E-state index in [2.05, 4.69) is 10.1 Å². The molecule has 0 saturated carbocycles. The molecule has 2 heterocycles. The number of nitrogens with zero attached hydrogens (tertiary/aromatic N) is 4. The first-order chi connectivity index (χ1) is 11.8. The SMILES string of the molecule is CC(C)c1noc(N2CCN(S(=O)(=O)c3ccc(F)cc3F)CC2)n1. The Morgan fingerprint density at radius 3 is 2.40 bits per heavy atom. The second-order valence-corrected chi connectivity index (χ2v) is 7.96. The monoisotopic (exact) mass is 372 g/mol. The van der Waals surface area contributed by atoms with E-state index in [1.807, 2.05) is 13.8 Å². The van der Waals surface area contributed by atoms with Gasteiger partial charge in [0.15, 0.2) is 5.82 Å². The van der Waals surface area contributed by atoms with Gasteiger partial charge in [-0.25, -0.2) is 17.2 Å². The summed E-state index contributed by atoms with van der Waals surface area (Å²) in [6, 6.07) is 2.78. The number of rotatable bonds is 4. The average molecular weight is 372 g/mol. The van der Waals surface area contributed by atoms with Crippen molar-refractivity contribution < 1.29 is 21.7 Å². The van der Waals surface area contributed by atoms with Crippen molar-refractivity contribution in [2.75, 3.05) is 31.1 Å². The molecule has 0 N–H and O–H groups in total. The molecule has 0 spiro atoms. The zero-order valence-corrected chi connectivity index (χ0v) is 14.6. The number of aromatic nitrogens is 2. The number of hydrogen-bond donors (Lipinski definition) is 0. The first-order valence-corrected chi connectivity index (χ1v) is 9.27. The standard InChI is InChI=1S/C15H18F2N4O3S/c1-10(2)14-18-15(24-19-14)20-5-7-21(8-6-20)25(22,23)13-4-3-11(16)9-12(13)17/h3-4,9-10H,5-8H2,1-2H3. The summed E-state index contributed by atoms with van der Waals surface area (Å²) in [5.74, 6) is -1.21. The Morgan fingerprint density at radius 1 is 1.16 bits per heavy atom. The lowest BCUT2D eigenvalue weighted by Gasteiger charge is -2.32. The Morgan fingerprint density at radius 2 is 1.84 bits per heavy atom. The number of sulfonamides is 1. The fourth-order valence-electron chi connectivity index (χ4n) is 2.53. The molecule has 1 saturated heterocycles. The molecule has 0 aliphatic carbocycles. The van der Waals surface area contributed by atoms with Gasteiger partial charge in [-0.2, -0.15) is 9.29 Å². The summed E-state index contributed by atoms with van der Waals surface area (Å²) in [5, 5.41) is 3.88. The highest BCUT2D eigenvalue weighted by atomic mass is 32.2. The molecule has 25 heavy (non-hydrogen) atoms. The molecule has 1 fully saturated rings. The Bertz CT molecular complexity index is 861. The number of anilines is 1. The maximum atomic E-state index is 13.8. The molecule has 0 unspecified atom stereocenters. The van der Waals surface area contributed by atoms with Gasteiger partial charge >= 0.3 is 6.01 Å². The van der Waals surface area contributed by atoms with Crippen molar-refractivity contribution in [2.45, 2.75) is 24.7 Å². The third-order valence-corrected chi connectivity index (χ3v) is 5.90. The van der Waals surface area contributed by atoms with E-state index in [9.17, 15) is 17.2 Å². The maximum Gasteiger partial charge on any atom is 0.324 e. The van der Waals surface area contributed by atoms with Gasteiger partial charge in [0.25, 0.3) is 0 Å². The zero-order valence-electron chi connectivity index (χ0n) is 13.8. The molecule has 0 bridgehead atoms. The van der Waals surface area contributed by atoms with E-state index in [0.29, 0.717) is 31.0 Å². The maximum absolute atomic E-state index is 13.8. The molecule has 1 aromatic carbocycles. The van der Waals surface area contributed by atoms with Gasteiger partial charge < -0.3 is 9.42 Å². The van der Waals surface area contributed by atoms with E-state index < -0.39 is 26.6 Å². The van der Waals surface area contributed by atoms with Crippen molar-refractivity contribution in [2.24, 2.45) is 0 Å². The van der Waals surface area contributed by atoms with Crippen molar-refractivity contribution in [3.05, 3.63) is 35.7 Å². The van der Waals surface area contributed by atoms with Crippen LogP contribution in [0.2, 0.25) is 0 Å². The van der Waals surface area contributed by atoms with Gasteiger partial charge in [0.1, 0.15) is 16.5 Å². The smallest absolute Gasteiger partial charge is 0.322 e. The number of benzene rings is 1. The molecule has 1 aliphatic rings. The van der Waals surface area contributed by atoms with E-state index in [1.165, 1.54) is 4.31 Å². The van der Waals surface area contributed by atoms with Crippen LogP contribution < -0.4 is 4.90 Å². The third kappa shape index (κ3) is 3.49. The van der Waals surface area contributed by atoms with Gasteiger partial charge in [-0.15, -0.1) is 0 Å². The fourth-order valence-corrected chi connectivity index (χ4v) is 4.00.